The summed E-state index contributed by atoms with van der Waals surface area (Å²) < 4.78 is 50.5. The van der Waals surface area contributed by atoms with Crippen LogP contribution >= 0.6 is 0 Å². The largest absolute Gasteiger partial charge is 0.490 e. The second-order valence-electron chi connectivity index (χ2n) is 5.89. The van der Waals surface area contributed by atoms with Crippen molar-refractivity contribution in [3.8, 4) is 5.75 Å². The Morgan fingerprint density at radius 2 is 1.96 bits per heavy atom. The van der Waals surface area contributed by atoms with Gasteiger partial charge in [0.1, 0.15) is 18.4 Å². The Balaban J connectivity index is 2.01. The molecule has 0 aliphatic carbocycles. The van der Waals surface area contributed by atoms with E-state index in [2.05, 4.69) is 10.6 Å². The molecular weight excluding hydrogens is 351 g/mol. The fourth-order valence-electron chi connectivity index (χ4n) is 2.75. The first-order valence-electron chi connectivity index (χ1n) is 8.44. The summed E-state index contributed by atoms with van der Waals surface area (Å²) in [7, 11) is 1.52. The van der Waals surface area contributed by atoms with Crippen LogP contribution in [0.15, 0.2) is 24.3 Å². The molecule has 1 heterocycles. The number of ether oxygens (including phenoxy) is 2. The molecule has 6 nitrogen and oxygen atoms in total. The number of halogens is 3. The first-order valence-corrected chi connectivity index (χ1v) is 8.44. The van der Waals surface area contributed by atoms with Gasteiger partial charge in [-0.2, -0.15) is 13.2 Å². The lowest BCUT2D eigenvalue weighted by atomic mass is 10.1. The molecule has 9 heteroatoms. The number of nitrogens with zero attached hydrogens (tertiary/aromatic N) is 1. The molecule has 0 aromatic heterocycles. The summed E-state index contributed by atoms with van der Waals surface area (Å²) in [6, 6.07) is 4.73. The van der Waals surface area contributed by atoms with Gasteiger partial charge in [0.15, 0.2) is 0 Å². The Bertz CT molecular complexity index is 578. The number of carbonyl (C=O) groups excluding carboxylic acids is 1. The van der Waals surface area contributed by atoms with Gasteiger partial charge < -0.3 is 20.1 Å². The summed E-state index contributed by atoms with van der Waals surface area (Å²) in [4.78, 5) is 13.7. The monoisotopic (exact) mass is 375 g/mol. The predicted molar refractivity (Wildman–Crippen MR) is 90.4 cm³/mol. The fourth-order valence-corrected chi connectivity index (χ4v) is 2.75. The zero-order valence-electron chi connectivity index (χ0n) is 14.6. The van der Waals surface area contributed by atoms with Crippen molar-refractivity contribution < 1.29 is 27.4 Å². The lowest BCUT2D eigenvalue weighted by Gasteiger charge is -2.35. The number of hydrogen-bond donors (Lipinski definition) is 2. The average molecular weight is 375 g/mol. The van der Waals surface area contributed by atoms with Crippen LogP contribution in [0.2, 0.25) is 0 Å². The highest BCUT2D eigenvalue weighted by molar-refractivity contribution is 5.96. The molecule has 0 radical (unpaired) electrons. The van der Waals surface area contributed by atoms with Crippen LogP contribution in [0.25, 0.3) is 0 Å². The SMILES string of the molecule is COCCOc1ccccc1C(=O)NCC(N1CCNCC1)C(F)(F)F. The van der Waals surface area contributed by atoms with Gasteiger partial charge in [-0.1, -0.05) is 12.1 Å². The van der Waals surface area contributed by atoms with Gasteiger partial charge in [0.2, 0.25) is 0 Å². The highest BCUT2D eigenvalue weighted by Gasteiger charge is 2.43. The van der Waals surface area contributed by atoms with Gasteiger partial charge in [-0.15, -0.1) is 0 Å². The van der Waals surface area contributed by atoms with Gasteiger partial charge in [0.25, 0.3) is 5.91 Å². The molecule has 0 bridgehead atoms. The minimum Gasteiger partial charge on any atom is -0.490 e. The quantitative estimate of drug-likeness (QED) is 0.671. The highest BCUT2D eigenvalue weighted by Crippen LogP contribution is 2.25. The first kappa shape index (κ1) is 20.5. The molecule has 0 spiro atoms. The Morgan fingerprint density at radius 3 is 2.62 bits per heavy atom. The minimum atomic E-state index is -4.42. The summed E-state index contributed by atoms with van der Waals surface area (Å²) in [6.07, 6.45) is -4.42. The maximum absolute atomic E-state index is 13.4. The Labute approximate surface area is 150 Å². The first-order chi connectivity index (χ1) is 12.4. The molecule has 1 saturated heterocycles. The molecule has 1 aliphatic rings. The summed E-state index contributed by atoms with van der Waals surface area (Å²) in [5.41, 5.74) is 0.199. The molecule has 1 aromatic carbocycles. The third-order valence-corrected chi connectivity index (χ3v) is 4.10. The molecule has 1 aliphatic heterocycles. The van der Waals surface area contributed by atoms with E-state index in [0.717, 1.165) is 0 Å². The van der Waals surface area contributed by atoms with Gasteiger partial charge in [-0.3, -0.25) is 9.69 Å². The van der Waals surface area contributed by atoms with E-state index in [-0.39, 0.29) is 25.3 Å². The van der Waals surface area contributed by atoms with Crippen molar-refractivity contribution >= 4 is 5.91 Å². The Hall–Kier alpha value is -1.84. The van der Waals surface area contributed by atoms with Crippen LogP contribution in [0.4, 0.5) is 13.2 Å². The number of para-hydroxylation sites is 1. The van der Waals surface area contributed by atoms with Crippen molar-refractivity contribution in [2.45, 2.75) is 12.2 Å². The summed E-state index contributed by atoms with van der Waals surface area (Å²) in [5.74, 6) is -0.282. The molecule has 146 valence electrons. The van der Waals surface area contributed by atoms with Crippen LogP contribution in [0.5, 0.6) is 5.75 Å². The lowest BCUT2D eigenvalue weighted by molar-refractivity contribution is -0.183. The number of benzene rings is 1. The number of nitrogens with one attached hydrogen (secondary N) is 2. The number of piperazine rings is 1. The number of hydrogen-bond acceptors (Lipinski definition) is 5. The van der Waals surface area contributed by atoms with Gasteiger partial charge in [0.05, 0.1) is 12.2 Å². The van der Waals surface area contributed by atoms with E-state index < -0.39 is 24.7 Å². The molecule has 1 unspecified atom stereocenters. The van der Waals surface area contributed by atoms with Gasteiger partial charge in [-0.05, 0) is 12.1 Å². The van der Waals surface area contributed by atoms with Crippen LogP contribution in [0, 0.1) is 0 Å². The van der Waals surface area contributed by atoms with Crippen LogP contribution in [0.1, 0.15) is 10.4 Å². The standard InChI is InChI=1S/C17H24F3N3O3/c1-25-10-11-26-14-5-3-2-4-13(14)16(24)22-12-15(17(18,19)20)23-8-6-21-7-9-23/h2-5,15,21H,6-12H2,1H3,(H,22,24). The summed E-state index contributed by atoms with van der Waals surface area (Å²) in [6.45, 7) is 1.65. The highest BCUT2D eigenvalue weighted by atomic mass is 19.4. The molecule has 2 rings (SSSR count). The van der Waals surface area contributed by atoms with Crippen LogP contribution in [-0.2, 0) is 4.74 Å². The maximum atomic E-state index is 13.4. The van der Waals surface area contributed by atoms with Crippen molar-refractivity contribution in [3.63, 3.8) is 0 Å². The van der Waals surface area contributed by atoms with E-state index in [1.165, 1.54) is 18.1 Å². The fraction of sp³-hybridized carbons (Fsp3) is 0.588. The number of amides is 1. The molecule has 1 amide bonds. The normalized spacial score (nSPS) is 16.9. The molecule has 26 heavy (non-hydrogen) atoms. The molecule has 1 aromatic rings. The van der Waals surface area contributed by atoms with Crippen LogP contribution < -0.4 is 15.4 Å². The molecular formula is C17H24F3N3O3. The van der Waals surface area contributed by atoms with Crippen LogP contribution in [-0.4, -0.2) is 76.1 Å². The number of rotatable bonds is 8. The second-order valence-corrected chi connectivity index (χ2v) is 5.89. The van der Waals surface area contributed by atoms with E-state index >= 15 is 0 Å². The van der Waals surface area contributed by atoms with E-state index in [1.54, 1.807) is 18.2 Å². The minimum absolute atomic E-state index is 0.199. The van der Waals surface area contributed by atoms with E-state index in [4.69, 9.17) is 9.47 Å². The third-order valence-electron chi connectivity index (χ3n) is 4.10. The van der Waals surface area contributed by atoms with Crippen molar-refractivity contribution in [1.29, 1.82) is 0 Å². The smallest absolute Gasteiger partial charge is 0.405 e. The number of methoxy groups -OCH3 is 1. The van der Waals surface area contributed by atoms with Gasteiger partial charge in [-0.25, -0.2) is 0 Å². The number of carbonyl (C=O) groups is 1. The van der Waals surface area contributed by atoms with Crippen molar-refractivity contribution in [3.05, 3.63) is 29.8 Å². The summed E-state index contributed by atoms with van der Waals surface area (Å²) in [5, 5.41) is 5.42. The van der Waals surface area contributed by atoms with E-state index in [1.807, 2.05) is 0 Å². The zero-order valence-corrected chi connectivity index (χ0v) is 14.6. The summed E-state index contributed by atoms with van der Waals surface area (Å²) >= 11 is 0. The molecule has 1 fully saturated rings. The molecule has 0 saturated carbocycles. The average Bonchev–Trinajstić information content (AvgIpc) is 2.62. The van der Waals surface area contributed by atoms with E-state index in [0.29, 0.717) is 25.4 Å². The lowest BCUT2D eigenvalue weighted by Crippen LogP contribution is -2.57. The predicted octanol–water partition coefficient (Wildman–Crippen LogP) is 1.28. The number of alkyl halides is 3. The maximum Gasteiger partial charge on any atom is 0.405 e. The Morgan fingerprint density at radius 1 is 1.27 bits per heavy atom. The van der Waals surface area contributed by atoms with Gasteiger partial charge in [0, 0.05) is 39.8 Å². The molecule has 1 atom stereocenters. The third kappa shape index (κ3) is 5.86. The van der Waals surface area contributed by atoms with Crippen LogP contribution in [0.3, 0.4) is 0 Å². The van der Waals surface area contributed by atoms with E-state index in [9.17, 15) is 18.0 Å². The second kappa shape index (κ2) is 9.75. The Kier molecular flexibility index (Phi) is 7.67. The zero-order chi connectivity index (χ0) is 19.0. The molecule has 2 N–H and O–H groups in total. The van der Waals surface area contributed by atoms with Crippen molar-refractivity contribution in [2.75, 3.05) is 53.0 Å². The van der Waals surface area contributed by atoms with Crippen molar-refractivity contribution in [1.82, 2.24) is 15.5 Å². The van der Waals surface area contributed by atoms with Crippen molar-refractivity contribution in [2.24, 2.45) is 0 Å². The topological polar surface area (TPSA) is 62.8 Å². The van der Waals surface area contributed by atoms with Gasteiger partial charge >= 0.3 is 6.18 Å².